The Morgan fingerprint density at radius 3 is 2.69 bits per heavy atom. The highest BCUT2D eigenvalue weighted by atomic mass is 32.2. The molecule has 0 amide bonds. The number of hydrogen-bond donors (Lipinski definition) is 1. The van der Waals surface area contributed by atoms with Crippen molar-refractivity contribution in [2.45, 2.75) is 17.7 Å². The Morgan fingerprint density at radius 2 is 2.00 bits per heavy atom. The van der Waals surface area contributed by atoms with Crippen molar-refractivity contribution < 1.29 is 0 Å². The summed E-state index contributed by atoms with van der Waals surface area (Å²) in [6.45, 7) is 2.13. The van der Waals surface area contributed by atoms with Gasteiger partial charge in [-0.05, 0) is 30.2 Å². The summed E-state index contributed by atoms with van der Waals surface area (Å²) < 4.78 is 0. The first-order chi connectivity index (χ1) is 7.75. The average molecular weight is 230 g/mol. The summed E-state index contributed by atoms with van der Waals surface area (Å²) in [4.78, 5) is 4.26. The fourth-order valence-electron chi connectivity index (χ4n) is 1.40. The number of pyridine rings is 1. The van der Waals surface area contributed by atoms with E-state index in [1.165, 1.54) is 11.1 Å². The first-order valence-corrected chi connectivity index (χ1v) is 6.13. The molecule has 0 spiro atoms. The van der Waals surface area contributed by atoms with Crippen molar-refractivity contribution >= 4 is 17.4 Å². The van der Waals surface area contributed by atoms with Gasteiger partial charge in [-0.1, -0.05) is 24.3 Å². The van der Waals surface area contributed by atoms with Gasteiger partial charge in [0, 0.05) is 5.75 Å². The summed E-state index contributed by atoms with van der Waals surface area (Å²) in [5.41, 5.74) is 8.97. The number of thioether (sulfide) groups is 1. The fourth-order valence-corrected chi connectivity index (χ4v) is 2.32. The molecule has 0 radical (unpaired) electrons. The third-order valence-electron chi connectivity index (χ3n) is 2.40. The van der Waals surface area contributed by atoms with E-state index in [9.17, 15) is 0 Å². The second-order valence-electron chi connectivity index (χ2n) is 3.64. The number of rotatable bonds is 3. The fraction of sp³-hybridized carbons (Fsp3) is 0.154. The predicted octanol–water partition coefficient (Wildman–Crippen LogP) is 3.26. The van der Waals surface area contributed by atoms with E-state index < -0.39 is 0 Å². The summed E-state index contributed by atoms with van der Waals surface area (Å²) in [6.07, 6.45) is 1.69. The van der Waals surface area contributed by atoms with Crippen LogP contribution in [0, 0.1) is 6.92 Å². The summed E-state index contributed by atoms with van der Waals surface area (Å²) in [6, 6.07) is 12.3. The van der Waals surface area contributed by atoms with Gasteiger partial charge in [-0.25, -0.2) is 4.98 Å². The molecule has 2 rings (SSSR count). The Balaban J connectivity index is 2.02. The summed E-state index contributed by atoms with van der Waals surface area (Å²) >= 11 is 1.73. The van der Waals surface area contributed by atoms with Gasteiger partial charge in [-0.15, -0.1) is 11.8 Å². The second-order valence-corrected chi connectivity index (χ2v) is 4.64. The molecule has 2 nitrogen and oxygen atoms in total. The normalized spacial score (nSPS) is 10.3. The third-order valence-corrected chi connectivity index (χ3v) is 3.39. The van der Waals surface area contributed by atoms with Gasteiger partial charge < -0.3 is 5.73 Å². The second kappa shape index (κ2) is 5.03. The summed E-state index contributed by atoms with van der Waals surface area (Å²) in [5.74, 6) is 0.948. The highest BCUT2D eigenvalue weighted by molar-refractivity contribution is 7.98. The predicted molar refractivity (Wildman–Crippen MR) is 69.4 cm³/mol. The van der Waals surface area contributed by atoms with Crippen molar-refractivity contribution in [3.8, 4) is 0 Å². The van der Waals surface area contributed by atoms with Crippen molar-refractivity contribution in [1.29, 1.82) is 0 Å². The molecule has 0 aliphatic rings. The number of benzene rings is 1. The van der Waals surface area contributed by atoms with E-state index in [0.29, 0.717) is 5.69 Å². The molecule has 0 aliphatic carbocycles. The van der Waals surface area contributed by atoms with Crippen LogP contribution < -0.4 is 5.73 Å². The Kier molecular flexibility index (Phi) is 3.47. The average Bonchev–Trinajstić information content (AvgIpc) is 2.30. The number of nitrogen functional groups attached to an aromatic ring is 1. The van der Waals surface area contributed by atoms with E-state index in [1.807, 2.05) is 12.1 Å². The van der Waals surface area contributed by atoms with E-state index >= 15 is 0 Å². The SMILES string of the molecule is Cc1ccccc1CSc1ccc(N)cn1. The lowest BCUT2D eigenvalue weighted by Gasteiger charge is -2.04. The zero-order valence-electron chi connectivity index (χ0n) is 9.18. The molecule has 0 fully saturated rings. The van der Waals surface area contributed by atoms with Crippen molar-refractivity contribution in [1.82, 2.24) is 4.98 Å². The monoisotopic (exact) mass is 230 g/mol. The zero-order valence-corrected chi connectivity index (χ0v) is 10.00. The third kappa shape index (κ3) is 2.76. The van der Waals surface area contributed by atoms with Gasteiger partial charge in [-0.2, -0.15) is 0 Å². The zero-order chi connectivity index (χ0) is 11.4. The molecule has 1 aromatic carbocycles. The molecule has 0 saturated carbocycles. The summed E-state index contributed by atoms with van der Waals surface area (Å²) in [7, 11) is 0. The largest absolute Gasteiger partial charge is 0.397 e. The molecule has 0 bridgehead atoms. The highest BCUT2D eigenvalue weighted by Crippen LogP contribution is 2.22. The topological polar surface area (TPSA) is 38.9 Å². The number of aromatic nitrogens is 1. The van der Waals surface area contributed by atoms with Crippen molar-refractivity contribution in [3.63, 3.8) is 0 Å². The maximum atomic E-state index is 5.59. The lowest BCUT2D eigenvalue weighted by atomic mass is 10.1. The van der Waals surface area contributed by atoms with Gasteiger partial charge in [0.15, 0.2) is 0 Å². The lowest BCUT2D eigenvalue weighted by molar-refractivity contribution is 1.13. The van der Waals surface area contributed by atoms with Gasteiger partial charge in [0.2, 0.25) is 0 Å². The Bertz CT molecular complexity index is 466. The van der Waals surface area contributed by atoms with Crippen LogP contribution in [-0.4, -0.2) is 4.98 Å². The minimum atomic E-state index is 0.709. The first kappa shape index (κ1) is 11.0. The van der Waals surface area contributed by atoms with Crippen LogP contribution in [0.2, 0.25) is 0 Å². The molecule has 0 aliphatic heterocycles. The standard InChI is InChI=1S/C13H14N2S/c1-10-4-2-3-5-11(10)9-16-13-7-6-12(14)8-15-13/h2-8H,9,14H2,1H3. The number of nitrogens with two attached hydrogens (primary N) is 1. The van der Waals surface area contributed by atoms with Crippen LogP contribution in [0.1, 0.15) is 11.1 Å². The molecule has 2 N–H and O–H groups in total. The van der Waals surface area contributed by atoms with E-state index in [1.54, 1.807) is 18.0 Å². The molecular formula is C13H14N2S. The smallest absolute Gasteiger partial charge is 0.0964 e. The molecule has 3 heteroatoms. The minimum Gasteiger partial charge on any atom is -0.397 e. The van der Waals surface area contributed by atoms with Crippen LogP contribution in [-0.2, 0) is 5.75 Å². The first-order valence-electron chi connectivity index (χ1n) is 5.14. The number of aryl methyl sites for hydroxylation is 1. The Morgan fingerprint density at radius 1 is 1.19 bits per heavy atom. The maximum Gasteiger partial charge on any atom is 0.0964 e. The van der Waals surface area contributed by atoms with Gasteiger partial charge in [-0.3, -0.25) is 0 Å². The van der Waals surface area contributed by atoms with Crippen LogP contribution in [0.25, 0.3) is 0 Å². The van der Waals surface area contributed by atoms with Crippen molar-refractivity contribution in [2.75, 3.05) is 5.73 Å². The molecular weight excluding hydrogens is 216 g/mol. The van der Waals surface area contributed by atoms with Gasteiger partial charge >= 0.3 is 0 Å². The lowest BCUT2D eigenvalue weighted by Crippen LogP contribution is -1.88. The molecule has 16 heavy (non-hydrogen) atoms. The maximum absolute atomic E-state index is 5.59. The molecule has 1 heterocycles. The molecule has 0 saturated heterocycles. The van der Waals surface area contributed by atoms with Crippen molar-refractivity contribution in [3.05, 3.63) is 53.7 Å². The molecule has 82 valence electrons. The molecule has 1 aromatic heterocycles. The van der Waals surface area contributed by atoms with Crippen LogP contribution in [0.4, 0.5) is 5.69 Å². The van der Waals surface area contributed by atoms with Gasteiger partial charge in [0.25, 0.3) is 0 Å². The van der Waals surface area contributed by atoms with E-state index in [4.69, 9.17) is 5.73 Å². The highest BCUT2D eigenvalue weighted by Gasteiger charge is 1.99. The number of nitrogens with zero attached hydrogens (tertiary/aromatic N) is 1. The molecule has 0 atom stereocenters. The van der Waals surface area contributed by atoms with Crippen LogP contribution in [0.5, 0.6) is 0 Å². The quantitative estimate of drug-likeness (QED) is 0.822. The Hall–Kier alpha value is -1.48. The van der Waals surface area contributed by atoms with E-state index in [-0.39, 0.29) is 0 Å². The van der Waals surface area contributed by atoms with Crippen LogP contribution >= 0.6 is 11.8 Å². The van der Waals surface area contributed by atoms with Gasteiger partial charge in [0.1, 0.15) is 0 Å². The molecule has 0 unspecified atom stereocenters. The van der Waals surface area contributed by atoms with E-state index in [2.05, 4.69) is 36.2 Å². The molecule has 2 aromatic rings. The van der Waals surface area contributed by atoms with Crippen LogP contribution in [0.15, 0.2) is 47.6 Å². The van der Waals surface area contributed by atoms with Crippen molar-refractivity contribution in [2.24, 2.45) is 0 Å². The number of hydrogen-bond acceptors (Lipinski definition) is 3. The Labute approximate surface area is 99.9 Å². The number of anilines is 1. The van der Waals surface area contributed by atoms with E-state index in [0.717, 1.165) is 10.8 Å². The van der Waals surface area contributed by atoms with Gasteiger partial charge in [0.05, 0.1) is 16.9 Å². The minimum absolute atomic E-state index is 0.709. The summed E-state index contributed by atoms with van der Waals surface area (Å²) in [5, 5.41) is 1.01. The van der Waals surface area contributed by atoms with Crippen LogP contribution in [0.3, 0.4) is 0 Å².